The molecule has 0 amide bonds. The zero-order chi connectivity index (χ0) is 24.2. The van der Waals surface area contributed by atoms with E-state index < -0.39 is 0 Å². The Balaban J connectivity index is 0.000000769. The molecule has 34 heavy (non-hydrogen) atoms. The van der Waals surface area contributed by atoms with Gasteiger partial charge in [0.15, 0.2) is 0 Å². The van der Waals surface area contributed by atoms with E-state index in [4.69, 9.17) is 31.0 Å². The van der Waals surface area contributed by atoms with Crippen molar-refractivity contribution in [1.29, 1.82) is 0 Å². The van der Waals surface area contributed by atoms with Crippen molar-refractivity contribution >= 4 is 53.8 Å². The van der Waals surface area contributed by atoms with Crippen LogP contribution in [-0.2, 0) is 34.8 Å². The van der Waals surface area contributed by atoms with E-state index in [0.29, 0.717) is 5.15 Å². The second-order valence-electron chi connectivity index (χ2n) is 6.49. The molecule has 0 bridgehead atoms. The Hall–Kier alpha value is -3.56. The van der Waals surface area contributed by atoms with Crippen LogP contribution < -0.4 is 0 Å². The van der Waals surface area contributed by atoms with Gasteiger partial charge in [0.1, 0.15) is 5.15 Å². The molecule has 0 saturated heterocycles. The standard InChI is InChI=1S/C24H15ClN2.3CO.Re/c25-24-21(17-9-5-2-6-10-17)14-19-12-11-18-13-20(16-7-3-1-4-8-16)15-26-22(18)23(19)27-24;3*1-2;/h1-15H;;;;. The third-order valence-electron chi connectivity index (χ3n) is 4.78. The molecule has 3 aromatic carbocycles. The average Bonchev–Trinajstić information content (AvgIpc) is 2.92. The van der Waals surface area contributed by atoms with Gasteiger partial charge in [-0.05, 0) is 23.3 Å². The summed E-state index contributed by atoms with van der Waals surface area (Å²) in [6.45, 7) is 13.5. The van der Waals surface area contributed by atoms with E-state index in [1.54, 1.807) is 0 Å². The Kier molecular flexibility index (Phi) is 12.2. The first kappa shape index (κ1) is 28.5. The van der Waals surface area contributed by atoms with Gasteiger partial charge in [-0.25, -0.2) is 4.98 Å². The summed E-state index contributed by atoms with van der Waals surface area (Å²) >= 11 is 6.53. The minimum Gasteiger partial charge on any atom is -0.281 e. The van der Waals surface area contributed by atoms with Crippen LogP contribution in [0.2, 0.25) is 5.15 Å². The van der Waals surface area contributed by atoms with Gasteiger partial charge in [0, 0.05) is 48.5 Å². The Bertz CT molecular complexity index is 1330. The van der Waals surface area contributed by atoms with Crippen LogP contribution >= 0.6 is 11.6 Å². The summed E-state index contributed by atoms with van der Waals surface area (Å²) in [4.78, 5) is 31.9. The molecule has 5 aromatic rings. The molecular weight excluding hydrogens is 622 g/mol. The Morgan fingerprint density at radius 2 is 1.09 bits per heavy atom. The van der Waals surface area contributed by atoms with Crippen LogP contribution in [0.15, 0.2) is 91.1 Å². The van der Waals surface area contributed by atoms with Crippen molar-refractivity contribution in [2.75, 3.05) is 0 Å². The molecule has 5 rings (SSSR count). The van der Waals surface area contributed by atoms with Crippen LogP contribution in [0.4, 0.5) is 0 Å². The first-order valence-corrected chi connectivity index (χ1v) is 9.78. The van der Waals surface area contributed by atoms with E-state index in [-0.39, 0.29) is 20.4 Å². The van der Waals surface area contributed by atoms with E-state index in [2.05, 4.69) is 61.7 Å². The number of fused-ring (bicyclic) bond motifs is 3. The fourth-order valence-corrected chi connectivity index (χ4v) is 3.67. The molecule has 0 fully saturated rings. The van der Waals surface area contributed by atoms with Crippen LogP contribution in [-0.4, -0.2) is 30.3 Å². The molecule has 0 aliphatic carbocycles. The van der Waals surface area contributed by atoms with Crippen LogP contribution in [0.5, 0.6) is 0 Å². The molecule has 7 heteroatoms. The fraction of sp³-hybridized carbons (Fsp3) is 0. The molecule has 165 valence electrons. The zero-order valence-corrected chi connectivity index (χ0v) is 21.0. The van der Waals surface area contributed by atoms with Crippen molar-refractivity contribution in [2.45, 2.75) is 0 Å². The molecule has 0 aliphatic heterocycles. The number of hydrogen-bond donors (Lipinski definition) is 0. The fourth-order valence-electron chi connectivity index (χ4n) is 3.42. The maximum atomic E-state index is 7.50. The van der Waals surface area contributed by atoms with Gasteiger partial charge in [0.25, 0.3) is 20.4 Å². The minimum absolute atomic E-state index is 0. The number of nitrogens with zero attached hydrogens (tertiary/aromatic N) is 2. The molecule has 7 radical (unpaired) electrons. The molecule has 0 spiro atoms. The molecule has 0 N–H and O–H groups in total. The summed E-state index contributed by atoms with van der Waals surface area (Å²) in [6.07, 6.45) is 1.90. The van der Waals surface area contributed by atoms with Crippen molar-refractivity contribution in [3.8, 4) is 22.3 Å². The van der Waals surface area contributed by atoms with Gasteiger partial charge in [0.05, 0.1) is 11.0 Å². The predicted molar refractivity (Wildman–Crippen MR) is 130 cm³/mol. The summed E-state index contributed by atoms with van der Waals surface area (Å²) in [7, 11) is 0. The minimum atomic E-state index is 0. The summed E-state index contributed by atoms with van der Waals surface area (Å²) in [6, 6.07) is 28.8. The van der Waals surface area contributed by atoms with Gasteiger partial charge in [-0.1, -0.05) is 84.4 Å². The quantitative estimate of drug-likeness (QED) is 0.187. The third-order valence-corrected chi connectivity index (χ3v) is 5.07. The van der Waals surface area contributed by atoms with Crippen molar-refractivity contribution in [1.82, 2.24) is 9.97 Å². The molecule has 0 unspecified atom stereocenters. The monoisotopic (exact) mass is 637 g/mol. The molecule has 0 atom stereocenters. The Morgan fingerprint density at radius 1 is 0.588 bits per heavy atom. The predicted octanol–water partition coefficient (Wildman–Crippen LogP) is 5.58. The van der Waals surface area contributed by atoms with Crippen LogP contribution in [0.3, 0.4) is 0 Å². The topological polar surface area (TPSA) is 77.0 Å². The molecule has 2 aromatic heterocycles. The van der Waals surface area contributed by atoms with Gasteiger partial charge >= 0.3 is 0 Å². The number of carbonyl (C=O) groups excluding carboxylic acids is 3. The summed E-state index contributed by atoms with van der Waals surface area (Å²) < 4.78 is 0. The van der Waals surface area contributed by atoms with E-state index in [1.165, 1.54) is 0 Å². The number of pyridine rings is 2. The number of benzene rings is 3. The number of rotatable bonds is 2. The van der Waals surface area contributed by atoms with E-state index in [1.807, 2.05) is 54.7 Å². The van der Waals surface area contributed by atoms with E-state index in [9.17, 15) is 0 Å². The third kappa shape index (κ3) is 6.27. The molecule has 0 saturated carbocycles. The number of halogens is 1. The number of hydrogen-bond acceptors (Lipinski definition) is 5. The molecule has 0 aliphatic rings. The van der Waals surface area contributed by atoms with Gasteiger partial charge in [-0.2, -0.15) is 0 Å². The van der Waals surface area contributed by atoms with Gasteiger partial charge < -0.3 is 0 Å². The van der Waals surface area contributed by atoms with Gasteiger partial charge in [-0.15, -0.1) is 0 Å². The van der Waals surface area contributed by atoms with E-state index in [0.717, 1.165) is 44.1 Å². The Labute approximate surface area is 216 Å². The van der Waals surface area contributed by atoms with Crippen molar-refractivity contribution < 1.29 is 34.8 Å². The summed E-state index contributed by atoms with van der Waals surface area (Å²) in [5, 5.41) is 2.58. The Morgan fingerprint density at radius 3 is 1.65 bits per heavy atom. The molecular formula is C27H15ClN2O3Re. The van der Waals surface area contributed by atoms with E-state index >= 15 is 0 Å². The smallest absolute Gasteiger partial charge is 0.281 e. The van der Waals surface area contributed by atoms with Crippen molar-refractivity contribution in [3.63, 3.8) is 0 Å². The molecule has 5 nitrogen and oxygen atoms in total. The molecule has 2 heterocycles. The zero-order valence-electron chi connectivity index (χ0n) is 17.5. The maximum absolute atomic E-state index is 7.50. The largest absolute Gasteiger partial charge is 0.281 e. The van der Waals surface area contributed by atoms with Crippen molar-refractivity contribution in [2.24, 2.45) is 0 Å². The SMILES string of the molecule is Clc1nc2c(ccc3cc(-c4ccccc4)cnc32)cc1-c1ccccc1.[C]=O.[C]=O.[C]=O.[Re]. The first-order chi connectivity index (χ1) is 16.3. The summed E-state index contributed by atoms with van der Waals surface area (Å²) in [5.74, 6) is 0. The number of aromatic nitrogens is 2. The van der Waals surface area contributed by atoms with Crippen LogP contribution in [0, 0.1) is 0 Å². The van der Waals surface area contributed by atoms with Gasteiger partial charge in [0.2, 0.25) is 0 Å². The first-order valence-electron chi connectivity index (χ1n) is 9.41. The van der Waals surface area contributed by atoms with Gasteiger partial charge in [-0.3, -0.25) is 19.4 Å². The van der Waals surface area contributed by atoms with Crippen LogP contribution in [0.25, 0.3) is 44.1 Å². The average molecular weight is 637 g/mol. The second kappa shape index (κ2) is 14.6. The normalized spacial score (nSPS) is 9.21. The maximum Gasteiger partial charge on any atom is 0.281 e. The second-order valence-corrected chi connectivity index (χ2v) is 6.85. The summed E-state index contributed by atoms with van der Waals surface area (Å²) in [5.41, 5.74) is 5.94. The van der Waals surface area contributed by atoms with Crippen molar-refractivity contribution in [3.05, 3.63) is 96.3 Å². The van der Waals surface area contributed by atoms with Crippen LogP contribution in [0.1, 0.15) is 0 Å².